The zero-order valence-electron chi connectivity index (χ0n) is 28.7. The summed E-state index contributed by atoms with van der Waals surface area (Å²) in [5, 5.41) is 64.2. The molecule has 52 heavy (non-hydrogen) atoms. The van der Waals surface area contributed by atoms with Crippen LogP contribution >= 0.6 is 0 Å². The summed E-state index contributed by atoms with van der Waals surface area (Å²) in [7, 11) is 1.48. The van der Waals surface area contributed by atoms with Gasteiger partial charge in [-0.2, -0.15) is 0 Å². The minimum atomic E-state index is -1.99. The number of amides is 3. The van der Waals surface area contributed by atoms with Crippen LogP contribution in [-0.4, -0.2) is 104 Å². The van der Waals surface area contributed by atoms with E-state index in [1.165, 1.54) is 12.0 Å². The molecule has 0 radical (unpaired) electrons. The van der Waals surface area contributed by atoms with Gasteiger partial charge in [-0.05, 0) is 53.4 Å². The number of hydrogen-bond donors (Lipinski definition) is 7. The number of benzene rings is 3. The lowest BCUT2D eigenvalue weighted by Gasteiger charge is -2.37. The lowest BCUT2D eigenvalue weighted by atomic mass is 9.82. The highest BCUT2D eigenvalue weighted by Crippen LogP contribution is 2.47. The molecule has 14 nitrogen and oxygen atoms in total. The first-order valence-electron chi connectivity index (χ1n) is 17.0. The molecule has 0 bridgehead atoms. The first-order chi connectivity index (χ1) is 24.9. The SMILES string of the molecule is COc1ccc2c(c1)[C@@](O)([C@H](C)/C=C/CC(=O)N1Cc3ccccc3C[C@H]1CO)C(=O)N2Cc1ccc(NC(=O)[C@H]2O[C@@H](O)[C@H](O)[C@@H](O)[C@@H]2O)cc1. The molecule has 0 unspecified atom stereocenters. The number of anilines is 2. The average Bonchev–Trinajstić information content (AvgIpc) is 3.37. The number of hydrogen-bond acceptors (Lipinski definition) is 11. The molecule has 3 heterocycles. The van der Waals surface area contributed by atoms with E-state index in [0.717, 1.165) is 11.1 Å². The number of ether oxygens (including phenoxy) is 2. The Morgan fingerprint density at radius 1 is 1.02 bits per heavy atom. The van der Waals surface area contributed by atoms with E-state index < -0.39 is 54.0 Å². The fraction of sp³-hybridized carbons (Fsp3) is 0.395. The van der Waals surface area contributed by atoms with Crippen molar-refractivity contribution in [2.75, 3.05) is 23.9 Å². The smallest absolute Gasteiger partial charge is 0.264 e. The zero-order chi connectivity index (χ0) is 37.3. The van der Waals surface area contributed by atoms with Gasteiger partial charge in [0, 0.05) is 30.1 Å². The van der Waals surface area contributed by atoms with Crippen molar-refractivity contribution in [1.82, 2.24) is 4.90 Å². The molecule has 6 rings (SSSR count). The van der Waals surface area contributed by atoms with Crippen LogP contribution in [0.4, 0.5) is 11.4 Å². The maximum atomic E-state index is 14.1. The highest BCUT2D eigenvalue weighted by atomic mass is 16.6. The van der Waals surface area contributed by atoms with Crippen LogP contribution in [0.5, 0.6) is 5.75 Å². The highest BCUT2D eigenvalue weighted by Gasteiger charge is 2.53. The van der Waals surface area contributed by atoms with E-state index in [9.17, 15) is 45.0 Å². The highest BCUT2D eigenvalue weighted by molar-refractivity contribution is 6.07. The molecule has 276 valence electrons. The van der Waals surface area contributed by atoms with Crippen molar-refractivity contribution in [1.29, 1.82) is 0 Å². The van der Waals surface area contributed by atoms with Gasteiger partial charge in [0.1, 0.15) is 24.1 Å². The van der Waals surface area contributed by atoms with Crippen molar-refractivity contribution >= 4 is 29.1 Å². The van der Waals surface area contributed by atoms with Gasteiger partial charge in [-0.15, -0.1) is 0 Å². The Balaban J connectivity index is 1.15. The minimum Gasteiger partial charge on any atom is -0.497 e. The van der Waals surface area contributed by atoms with Crippen LogP contribution < -0.4 is 15.0 Å². The van der Waals surface area contributed by atoms with Crippen LogP contribution in [0.15, 0.2) is 78.9 Å². The second-order valence-electron chi connectivity index (χ2n) is 13.4. The molecule has 14 heteroatoms. The maximum Gasteiger partial charge on any atom is 0.264 e. The van der Waals surface area contributed by atoms with Gasteiger partial charge in [0.25, 0.3) is 11.8 Å². The summed E-state index contributed by atoms with van der Waals surface area (Å²) in [6.45, 7) is 1.98. The number of fused-ring (bicyclic) bond motifs is 2. The second-order valence-corrected chi connectivity index (χ2v) is 13.4. The number of rotatable bonds is 10. The van der Waals surface area contributed by atoms with Crippen LogP contribution in [0, 0.1) is 5.92 Å². The third kappa shape index (κ3) is 6.94. The fourth-order valence-electron chi connectivity index (χ4n) is 7.05. The number of carbonyl (C=O) groups is 3. The van der Waals surface area contributed by atoms with Crippen molar-refractivity contribution in [2.45, 2.75) is 75.2 Å². The van der Waals surface area contributed by atoms with Crippen molar-refractivity contribution < 1.29 is 54.5 Å². The number of aliphatic hydroxyl groups excluding tert-OH is 5. The molecule has 3 amide bonds. The van der Waals surface area contributed by atoms with E-state index in [0.29, 0.717) is 41.2 Å². The zero-order valence-corrected chi connectivity index (χ0v) is 28.7. The topological polar surface area (TPSA) is 210 Å². The molecule has 8 atom stereocenters. The lowest BCUT2D eigenvalue weighted by Crippen LogP contribution is -2.60. The first kappa shape index (κ1) is 37.1. The van der Waals surface area contributed by atoms with Crippen LogP contribution in [-0.2, 0) is 44.2 Å². The Morgan fingerprint density at radius 3 is 2.42 bits per heavy atom. The molecular formula is C38H43N3O11. The molecule has 0 saturated carbocycles. The quantitative estimate of drug-likeness (QED) is 0.145. The average molecular weight is 718 g/mol. The van der Waals surface area contributed by atoms with E-state index in [2.05, 4.69) is 5.32 Å². The van der Waals surface area contributed by atoms with E-state index >= 15 is 0 Å². The summed E-state index contributed by atoms with van der Waals surface area (Å²) >= 11 is 0. The van der Waals surface area contributed by atoms with Gasteiger partial charge >= 0.3 is 0 Å². The van der Waals surface area contributed by atoms with Crippen molar-refractivity contribution in [3.05, 3.63) is 101 Å². The van der Waals surface area contributed by atoms with Crippen LogP contribution in [0.25, 0.3) is 0 Å². The molecule has 3 aliphatic heterocycles. The van der Waals surface area contributed by atoms with Crippen molar-refractivity contribution in [3.63, 3.8) is 0 Å². The molecule has 3 aromatic carbocycles. The largest absolute Gasteiger partial charge is 0.497 e. The van der Waals surface area contributed by atoms with Gasteiger partial charge in [0.15, 0.2) is 18.0 Å². The molecule has 7 N–H and O–H groups in total. The van der Waals surface area contributed by atoms with Gasteiger partial charge in [-0.1, -0.05) is 55.5 Å². The van der Waals surface area contributed by atoms with E-state index in [1.807, 2.05) is 24.3 Å². The van der Waals surface area contributed by atoms with E-state index in [1.54, 1.807) is 66.4 Å². The van der Waals surface area contributed by atoms with Gasteiger partial charge in [-0.25, -0.2) is 0 Å². The molecule has 1 saturated heterocycles. The number of aliphatic hydroxyl groups is 6. The molecule has 1 fully saturated rings. The number of carbonyl (C=O) groups excluding carboxylic acids is 3. The standard InChI is InChI=1S/C38H43N3O11/c1-21(6-5-9-30(43)40-19-24-8-4-3-7-23(24)16-26(40)20-42)38(50)28-17-27(51-2)14-15-29(28)41(37(38)49)18-22-10-12-25(13-11-22)39-35(47)34-32(45)31(44)33(46)36(48)52-34/h3-8,10-15,17,21,26,31-34,36,42,44-46,48,50H,9,16,18-20H2,1-2H3,(H,39,47)/b6-5+/t21-,26+,31+,32+,33-,34+,36-,38+/m1/s1. The summed E-state index contributed by atoms with van der Waals surface area (Å²) < 4.78 is 10.4. The Hall–Kier alpha value is -4.67. The Labute approximate surface area is 300 Å². The molecular weight excluding hydrogens is 674 g/mol. The third-order valence-corrected chi connectivity index (χ3v) is 10.1. The van der Waals surface area contributed by atoms with Crippen LogP contribution in [0.2, 0.25) is 0 Å². The number of methoxy groups -OCH3 is 1. The Kier molecular flexibility index (Phi) is 10.8. The fourth-order valence-corrected chi connectivity index (χ4v) is 7.05. The van der Waals surface area contributed by atoms with Gasteiger partial charge in [-0.3, -0.25) is 14.4 Å². The normalized spacial score (nSPS) is 27.7. The number of nitrogens with zero attached hydrogens (tertiary/aromatic N) is 2. The molecule has 0 aliphatic carbocycles. The summed E-state index contributed by atoms with van der Waals surface area (Å²) in [5.41, 5.74) is 1.91. The number of nitrogens with one attached hydrogen (secondary N) is 1. The predicted molar refractivity (Wildman–Crippen MR) is 187 cm³/mol. The molecule has 0 spiro atoms. The van der Waals surface area contributed by atoms with Gasteiger partial charge in [0.2, 0.25) is 5.91 Å². The Bertz CT molecular complexity index is 1830. The minimum absolute atomic E-state index is 0.0137. The molecule has 0 aromatic heterocycles. The predicted octanol–water partition coefficient (Wildman–Crippen LogP) is 0.696. The summed E-state index contributed by atoms with van der Waals surface area (Å²) in [4.78, 5) is 43.3. The van der Waals surface area contributed by atoms with E-state index in [-0.39, 0.29) is 31.5 Å². The summed E-state index contributed by atoms with van der Waals surface area (Å²) in [6, 6.07) is 18.9. The van der Waals surface area contributed by atoms with Crippen molar-refractivity contribution in [3.8, 4) is 5.75 Å². The third-order valence-electron chi connectivity index (χ3n) is 10.1. The molecule has 3 aromatic rings. The van der Waals surface area contributed by atoms with E-state index in [4.69, 9.17) is 9.47 Å². The Morgan fingerprint density at radius 2 is 1.73 bits per heavy atom. The molecule has 3 aliphatic rings. The van der Waals surface area contributed by atoms with Crippen molar-refractivity contribution in [2.24, 2.45) is 5.92 Å². The first-order valence-corrected chi connectivity index (χ1v) is 17.0. The maximum absolute atomic E-state index is 14.1. The van der Waals surface area contributed by atoms with Gasteiger partial charge in [0.05, 0.1) is 32.0 Å². The summed E-state index contributed by atoms with van der Waals surface area (Å²) in [6.07, 6.45) is -4.99. The summed E-state index contributed by atoms with van der Waals surface area (Å²) in [5.74, 6) is -1.92. The second kappa shape index (κ2) is 15.1. The lowest BCUT2D eigenvalue weighted by molar-refractivity contribution is -0.274. The van der Waals surface area contributed by atoms with Crippen LogP contribution in [0.3, 0.4) is 0 Å². The van der Waals surface area contributed by atoms with Crippen LogP contribution in [0.1, 0.15) is 35.6 Å². The van der Waals surface area contributed by atoms with Gasteiger partial charge < -0.3 is 55.2 Å². The monoisotopic (exact) mass is 717 g/mol.